The van der Waals surface area contributed by atoms with Gasteiger partial charge in [0.05, 0.1) is 12.7 Å². The standard InChI is InChI=1S/C16H19BrO4/c1-9(18)12-13(19)10-5-7-16(2,3)21-14(10)11(6-8-17)15(12)20-4/h5,7,19H,6,8H2,1-4H3. The molecule has 0 bridgehead atoms. The van der Waals surface area contributed by atoms with Crippen molar-refractivity contribution < 1.29 is 19.4 Å². The molecule has 1 aliphatic rings. The highest BCUT2D eigenvalue weighted by Gasteiger charge is 2.31. The van der Waals surface area contributed by atoms with Gasteiger partial charge >= 0.3 is 0 Å². The van der Waals surface area contributed by atoms with Gasteiger partial charge in [0.25, 0.3) is 0 Å². The fourth-order valence-corrected chi connectivity index (χ4v) is 2.89. The van der Waals surface area contributed by atoms with E-state index >= 15 is 0 Å². The number of rotatable bonds is 4. The average molecular weight is 355 g/mol. The highest BCUT2D eigenvalue weighted by molar-refractivity contribution is 9.09. The Morgan fingerprint density at radius 3 is 2.67 bits per heavy atom. The number of ketones is 1. The van der Waals surface area contributed by atoms with E-state index in [0.717, 1.165) is 5.56 Å². The van der Waals surface area contributed by atoms with Crippen molar-refractivity contribution in [3.63, 3.8) is 0 Å². The van der Waals surface area contributed by atoms with Crippen molar-refractivity contribution >= 4 is 27.8 Å². The van der Waals surface area contributed by atoms with Gasteiger partial charge in [-0.3, -0.25) is 4.79 Å². The lowest BCUT2D eigenvalue weighted by Crippen LogP contribution is -2.28. The highest BCUT2D eigenvalue weighted by atomic mass is 79.9. The molecule has 5 heteroatoms. The molecule has 0 saturated carbocycles. The third-order valence-electron chi connectivity index (χ3n) is 3.43. The van der Waals surface area contributed by atoms with E-state index in [1.165, 1.54) is 14.0 Å². The lowest BCUT2D eigenvalue weighted by molar-refractivity contribution is 0.101. The first kappa shape index (κ1) is 15.9. The molecule has 0 fully saturated rings. The van der Waals surface area contributed by atoms with Crippen molar-refractivity contribution in [2.24, 2.45) is 0 Å². The molecule has 1 N–H and O–H groups in total. The number of fused-ring (bicyclic) bond motifs is 1. The zero-order valence-corrected chi connectivity index (χ0v) is 14.2. The van der Waals surface area contributed by atoms with E-state index in [9.17, 15) is 9.90 Å². The van der Waals surface area contributed by atoms with Crippen molar-refractivity contribution in [2.45, 2.75) is 32.8 Å². The molecule has 0 aromatic heterocycles. The van der Waals surface area contributed by atoms with Crippen molar-refractivity contribution in [1.29, 1.82) is 0 Å². The van der Waals surface area contributed by atoms with Crippen molar-refractivity contribution in [3.8, 4) is 17.2 Å². The van der Waals surface area contributed by atoms with Gasteiger partial charge in [0.2, 0.25) is 0 Å². The van der Waals surface area contributed by atoms with Crippen LogP contribution in [0.5, 0.6) is 17.2 Å². The molecule has 0 radical (unpaired) electrons. The summed E-state index contributed by atoms with van der Waals surface area (Å²) in [6.07, 6.45) is 4.30. The third kappa shape index (κ3) is 2.79. The van der Waals surface area contributed by atoms with Crippen LogP contribution in [-0.4, -0.2) is 28.9 Å². The minimum absolute atomic E-state index is 0.0839. The number of alkyl halides is 1. The number of carbonyl (C=O) groups is 1. The van der Waals surface area contributed by atoms with Gasteiger partial charge in [0, 0.05) is 10.9 Å². The second-order valence-corrected chi connectivity index (χ2v) is 6.31. The summed E-state index contributed by atoms with van der Waals surface area (Å²) < 4.78 is 11.4. The third-order valence-corrected chi connectivity index (χ3v) is 3.83. The van der Waals surface area contributed by atoms with Crippen LogP contribution in [0.25, 0.3) is 6.08 Å². The summed E-state index contributed by atoms with van der Waals surface area (Å²) >= 11 is 3.41. The Kier molecular flexibility index (Phi) is 4.33. The largest absolute Gasteiger partial charge is 0.506 e. The quantitative estimate of drug-likeness (QED) is 0.661. The summed E-state index contributed by atoms with van der Waals surface area (Å²) in [5.41, 5.74) is 1.07. The summed E-state index contributed by atoms with van der Waals surface area (Å²) in [6.45, 7) is 5.29. The molecule has 0 aliphatic carbocycles. The Hall–Kier alpha value is -1.49. The normalized spacial score (nSPS) is 15.3. The molecule has 0 saturated heterocycles. The summed E-state index contributed by atoms with van der Waals surface area (Å²) in [5, 5.41) is 11.1. The van der Waals surface area contributed by atoms with Gasteiger partial charge in [-0.1, -0.05) is 15.9 Å². The number of benzene rings is 1. The zero-order chi connectivity index (χ0) is 15.8. The maximum Gasteiger partial charge on any atom is 0.167 e. The topological polar surface area (TPSA) is 55.8 Å². The number of ether oxygens (including phenoxy) is 2. The van der Waals surface area contributed by atoms with E-state index in [0.29, 0.717) is 28.8 Å². The first-order valence-electron chi connectivity index (χ1n) is 6.73. The Balaban J connectivity index is 2.82. The highest BCUT2D eigenvalue weighted by Crippen LogP contribution is 2.47. The van der Waals surface area contributed by atoms with E-state index in [1.54, 1.807) is 6.08 Å². The van der Waals surface area contributed by atoms with E-state index in [2.05, 4.69) is 15.9 Å². The monoisotopic (exact) mass is 354 g/mol. The summed E-state index contributed by atoms with van der Waals surface area (Å²) in [6, 6.07) is 0. The van der Waals surface area contributed by atoms with Crippen molar-refractivity contribution in [3.05, 3.63) is 22.8 Å². The number of aromatic hydroxyl groups is 1. The number of hydrogen-bond donors (Lipinski definition) is 1. The fourth-order valence-electron chi connectivity index (χ4n) is 2.49. The number of halogens is 1. The summed E-state index contributed by atoms with van der Waals surface area (Å²) in [5.74, 6) is 0.659. The van der Waals surface area contributed by atoms with Gasteiger partial charge in [-0.05, 0) is 39.3 Å². The number of hydrogen-bond acceptors (Lipinski definition) is 4. The number of carbonyl (C=O) groups excluding carboxylic acids is 1. The van der Waals surface area contributed by atoms with Crippen LogP contribution in [0.3, 0.4) is 0 Å². The average Bonchev–Trinajstić information content (AvgIpc) is 2.39. The molecule has 1 aromatic rings. The van der Waals surface area contributed by atoms with Crippen LogP contribution in [0.1, 0.15) is 42.3 Å². The van der Waals surface area contributed by atoms with Crippen LogP contribution in [0.4, 0.5) is 0 Å². The van der Waals surface area contributed by atoms with E-state index in [1.807, 2.05) is 19.9 Å². The van der Waals surface area contributed by atoms with E-state index < -0.39 is 5.60 Å². The molecular formula is C16H19BrO4. The molecule has 4 nitrogen and oxygen atoms in total. The first-order chi connectivity index (χ1) is 9.82. The van der Waals surface area contributed by atoms with Crippen LogP contribution in [0.15, 0.2) is 6.08 Å². The lowest BCUT2D eigenvalue weighted by atomic mass is 9.93. The Labute approximate surface area is 132 Å². The van der Waals surface area contributed by atoms with Gasteiger partial charge in [0.15, 0.2) is 5.78 Å². The smallest absolute Gasteiger partial charge is 0.167 e. The Morgan fingerprint density at radius 1 is 1.48 bits per heavy atom. The Bertz CT molecular complexity index is 617. The predicted molar refractivity (Wildman–Crippen MR) is 85.9 cm³/mol. The summed E-state index contributed by atoms with van der Waals surface area (Å²) in [4.78, 5) is 11.9. The minimum atomic E-state index is -0.469. The van der Waals surface area contributed by atoms with Crippen molar-refractivity contribution in [1.82, 2.24) is 0 Å². The molecule has 114 valence electrons. The van der Waals surface area contributed by atoms with Gasteiger partial charge in [-0.25, -0.2) is 0 Å². The Morgan fingerprint density at radius 2 is 2.14 bits per heavy atom. The molecule has 1 aliphatic heterocycles. The van der Waals surface area contributed by atoms with Crippen molar-refractivity contribution in [2.75, 3.05) is 12.4 Å². The van der Waals surface area contributed by atoms with Gasteiger partial charge in [0.1, 0.15) is 28.4 Å². The number of Topliss-reactive ketones (excluding diaryl/α,β-unsaturated/α-hetero) is 1. The SMILES string of the molecule is COc1c(CCBr)c2c(c(O)c1C(C)=O)C=CC(C)(C)O2. The van der Waals surface area contributed by atoms with Crippen LogP contribution >= 0.6 is 15.9 Å². The number of methoxy groups -OCH3 is 1. The predicted octanol–water partition coefficient (Wildman–Crippen LogP) is 3.73. The van der Waals surface area contributed by atoms with E-state index in [4.69, 9.17) is 9.47 Å². The molecular weight excluding hydrogens is 336 g/mol. The molecule has 0 amide bonds. The molecule has 0 unspecified atom stereocenters. The molecule has 2 rings (SSSR count). The lowest BCUT2D eigenvalue weighted by Gasteiger charge is -2.31. The van der Waals surface area contributed by atoms with Gasteiger partial charge < -0.3 is 14.6 Å². The van der Waals surface area contributed by atoms with Gasteiger partial charge in [-0.2, -0.15) is 0 Å². The van der Waals surface area contributed by atoms with Crippen LogP contribution < -0.4 is 9.47 Å². The zero-order valence-electron chi connectivity index (χ0n) is 12.6. The second-order valence-electron chi connectivity index (χ2n) is 5.51. The molecule has 0 spiro atoms. The number of phenolic OH excluding ortho intramolecular Hbond substituents is 1. The van der Waals surface area contributed by atoms with E-state index in [-0.39, 0.29) is 17.1 Å². The molecule has 0 atom stereocenters. The first-order valence-corrected chi connectivity index (χ1v) is 7.85. The second kappa shape index (κ2) is 5.72. The minimum Gasteiger partial charge on any atom is -0.506 e. The fraction of sp³-hybridized carbons (Fsp3) is 0.438. The van der Waals surface area contributed by atoms with Crippen LogP contribution in [0, 0.1) is 0 Å². The summed E-state index contributed by atoms with van der Waals surface area (Å²) in [7, 11) is 1.50. The number of phenols is 1. The van der Waals surface area contributed by atoms with Crippen LogP contribution in [-0.2, 0) is 6.42 Å². The maximum atomic E-state index is 11.9. The molecule has 1 aromatic carbocycles. The molecule has 21 heavy (non-hydrogen) atoms. The van der Waals surface area contributed by atoms with Gasteiger partial charge in [-0.15, -0.1) is 0 Å². The van der Waals surface area contributed by atoms with Crippen LogP contribution in [0.2, 0.25) is 0 Å². The molecule has 1 heterocycles. The maximum absolute atomic E-state index is 11.9.